The zero-order valence-electron chi connectivity index (χ0n) is 33.9. The van der Waals surface area contributed by atoms with Gasteiger partial charge in [-0.3, -0.25) is 0 Å². The summed E-state index contributed by atoms with van der Waals surface area (Å²) in [4.78, 5) is 15.8. The molecule has 0 bridgehead atoms. The van der Waals surface area contributed by atoms with E-state index in [0.717, 1.165) is 50.2 Å². The Morgan fingerprint density at radius 2 is 0.778 bits per heavy atom. The summed E-state index contributed by atoms with van der Waals surface area (Å²) in [6.07, 6.45) is 0. The van der Waals surface area contributed by atoms with Gasteiger partial charge in [0.15, 0.2) is 17.5 Å². The van der Waals surface area contributed by atoms with E-state index in [1.54, 1.807) is 0 Å². The lowest BCUT2D eigenvalue weighted by Crippen LogP contribution is -2.04. The number of para-hydroxylation sites is 3. The van der Waals surface area contributed by atoms with Crippen LogP contribution in [0.25, 0.3) is 120 Å². The minimum atomic E-state index is 0.604. The fourth-order valence-corrected chi connectivity index (χ4v) is 10.6. The lowest BCUT2D eigenvalue weighted by molar-refractivity contribution is 1.06. The van der Waals surface area contributed by atoms with Crippen molar-refractivity contribution in [2.75, 3.05) is 0 Å². The maximum Gasteiger partial charge on any atom is 0.166 e. The number of thiophene rings is 1. The van der Waals surface area contributed by atoms with Crippen molar-refractivity contribution in [1.82, 2.24) is 24.1 Å². The van der Waals surface area contributed by atoms with E-state index in [1.807, 2.05) is 47.7 Å². The number of rotatable bonds is 6. The van der Waals surface area contributed by atoms with Crippen LogP contribution in [0.15, 0.2) is 212 Å². The number of hydrogen-bond acceptors (Lipinski definition) is 4. The van der Waals surface area contributed by atoms with Gasteiger partial charge in [0.05, 0.1) is 27.8 Å². The molecule has 0 aliphatic heterocycles. The Labute approximate surface area is 366 Å². The fourth-order valence-electron chi connectivity index (χ4n) is 9.48. The van der Waals surface area contributed by atoms with Crippen molar-refractivity contribution >= 4 is 75.1 Å². The normalized spacial score (nSPS) is 11.8. The third-order valence-corrected chi connectivity index (χ3v) is 13.5. The van der Waals surface area contributed by atoms with Crippen molar-refractivity contribution in [2.45, 2.75) is 0 Å². The molecule has 0 spiro atoms. The summed E-state index contributed by atoms with van der Waals surface area (Å²) >= 11 is 1.84. The molecule has 294 valence electrons. The van der Waals surface area contributed by atoms with Crippen LogP contribution in [0.5, 0.6) is 0 Å². The van der Waals surface area contributed by atoms with Crippen LogP contribution < -0.4 is 0 Å². The Hall–Kier alpha value is -8.19. The SMILES string of the molecule is c1ccc(-c2nc(-c3ccccc3)nc(-c3cc(-c4ccc5c(c4)sc4ccccc45)ccc3-n3c4ccccc4c4ccc(-n5c6ccccc6c6ccccc65)cc43)n2)cc1. The van der Waals surface area contributed by atoms with E-state index in [0.29, 0.717) is 17.5 Å². The second-order valence-electron chi connectivity index (χ2n) is 16.0. The Kier molecular flexibility index (Phi) is 8.01. The first kappa shape index (κ1) is 35.6. The van der Waals surface area contributed by atoms with Gasteiger partial charge in [0.2, 0.25) is 0 Å². The third-order valence-electron chi connectivity index (χ3n) is 12.4. The van der Waals surface area contributed by atoms with Gasteiger partial charge in [0, 0.05) is 64.1 Å². The number of aromatic nitrogens is 5. The molecule has 0 saturated carbocycles. The lowest BCUT2D eigenvalue weighted by atomic mass is 9.99. The van der Waals surface area contributed by atoms with E-state index in [9.17, 15) is 0 Å². The van der Waals surface area contributed by atoms with E-state index in [1.165, 1.54) is 52.8 Å². The van der Waals surface area contributed by atoms with Crippen LogP contribution in [0.4, 0.5) is 0 Å². The van der Waals surface area contributed by atoms with Crippen LogP contribution in [0.3, 0.4) is 0 Å². The van der Waals surface area contributed by atoms with E-state index in [2.05, 4.69) is 185 Å². The van der Waals surface area contributed by atoms with Crippen molar-refractivity contribution in [3.8, 4) is 56.7 Å². The predicted octanol–water partition coefficient (Wildman–Crippen LogP) is 15.1. The first-order valence-electron chi connectivity index (χ1n) is 21.2. The van der Waals surface area contributed by atoms with Gasteiger partial charge in [-0.05, 0) is 65.7 Å². The molecular weight excluding hydrogens is 787 g/mol. The van der Waals surface area contributed by atoms with Gasteiger partial charge in [0.1, 0.15) is 0 Å². The largest absolute Gasteiger partial charge is 0.309 e. The van der Waals surface area contributed by atoms with E-state index < -0.39 is 0 Å². The molecule has 63 heavy (non-hydrogen) atoms. The van der Waals surface area contributed by atoms with E-state index in [-0.39, 0.29) is 0 Å². The summed E-state index contributed by atoms with van der Waals surface area (Å²) in [5, 5.41) is 7.39. The van der Waals surface area contributed by atoms with Crippen molar-refractivity contribution in [1.29, 1.82) is 0 Å². The number of nitrogens with zero attached hydrogens (tertiary/aromatic N) is 5. The summed E-state index contributed by atoms with van der Waals surface area (Å²) in [5.74, 6) is 1.85. The molecule has 0 aliphatic rings. The van der Waals surface area contributed by atoms with Gasteiger partial charge in [-0.1, -0.05) is 158 Å². The van der Waals surface area contributed by atoms with Crippen LogP contribution >= 0.6 is 11.3 Å². The summed E-state index contributed by atoms with van der Waals surface area (Å²) in [6, 6.07) is 75.7. The van der Waals surface area contributed by atoms with Crippen LogP contribution in [0, 0.1) is 0 Å². The minimum absolute atomic E-state index is 0.604. The molecule has 6 heteroatoms. The quantitative estimate of drug-likeness (QED) is 0.168. The second kappa shape index (κ2) is 14.2. The number of benzene rings is 9. The molecule has 0 saturated heterocycles. The Morgan fingerprint density at radius 3 is 1.43 bits per heavy atom. The van der Waals surface area contributed by atoms with Crippen LogP contribution in [-0.4, -0.2) is 24.1 Å². The average molecular weight is 822 g/mol. The highest BCUT2D eigenvalue weighted by Crippen LogP contribution is 2.42. The van der Waals surface area contributed by atoms with Crippen LogP contribution in [-0.2, 0) is 0 Å². The fraction of sp³-hybridized carbons (Fsp3) is 0. The molecule has 5 nitrogen and oxygen atoms in total. The Morgan fingerprint density at radius 1 is 0.302 bits per heavy atom. The molecule has 0 N–H and O–H groups in total. The zero-order chi connectivity index (χ0) is 41.4. The first-order chi connectivity index (χ1) is 31.2. The summed E-state index contributed by atoms with van der Waals surface area (Å²) in [6.45, 7) is 0. The maximum absolute atomic E-state index is 5.33. The summed E-state index contributed by atoms with van der Waals surface area (Å²) in [7, 11) is 0. The minimum Gasteiger partial charge on any atom is -0.309 e. The zero-order valence-corrected chi connectivity index (χ0v) is 34.7. The Balaban J connectivity index is 1.10. The molecule has 0 atom stereocenters. The van der Waals surface area contributed by atoms with Crippen molar-refractivity contribution in [3.63, 3.8) is 0 Å². The monoisotopic (exact) mass is 821 g/mol. The van der Waals surface area contributed by atoms with E-state index in [4.69, 9.17) is 15.0 Å². The molecule has 0 amide bonds. The van der Waals surface area contributed by atoms with Gasteiger partial charge in [0.25, 0.3) is 0 Å². The van der Waals surface area contributed by atoms with E-state index >= 15 is 0 Å². The molecule has 9 aromatic carbocycles. The van der Waals surface area contributed by atoms with Crippen molar-refractivity contribution in [2.24, 2.45) is 0 Å². The van der Waals surface area contributed by atoms with Gasteiger partial charge in [-0.2, -0.15) is 0 Å². The van der Waals surface area contributed by atoms with Gasteiger partial charge >= 0.3 is 0 Å². The second-order valence-corrected chi connectivity index (χ2v) is 17.1. The molecule has 0 aliphatic carbocycles. The van der Waals surface area contributed by atoms with Gasteiger partial charge in [-0.25, -0.2) is 15.0 Å². The number of fused-ring (bicyclic) bond motifs is 9. The van der Waals surface area contributed by atoms with Gasteiger partial charge in [-0.15, -0.1) is 11.3 Å². The van der Waals surface area contributed by atoms with Crippen molar-refractivity contribution < 1.29 is 0 Å². The summed E-state index contributed by atoms with van der Waals surface area (Å²) < 4.78 is 7.35. The molecule has 13 aromatic rings. The maximum atomic E-state index is 5.33. The smallest absolute Gasteiger partial charge is 0.166 e. The molecule has 0 unspecified atom stereocenters. The lowest BCUT2D eigenvalue weighted by Gasteiger charge is -2.17. The standard InChI is InChI=1S/C57H35N5S/c1-3-15-36(16-4-1)55-58-56(37-17-5-2-6-18-37)60-57(59-55)47-33-38(39-27-30-46-45-22-10-14-26-53(45)63-54(46)34-39)28-32-51(47)62-50-25-13-9-21-43(50)44-31-29-40(35-52(44)62)61-48-23-11-7-19-41(48)42-20-8-12-24-49(42)61/h1-35H. The van der Waals surface area contributed by atoms with Gasteiger partial charge < -0.3 is 9.13 Å². The molecule has 0 fully saturated rings. The summed E-state index contributed by atoms with van der Waals surface area (Å²) in [5.41, 5.74) is 11.6. The molecule has 4 heterocycles. The van der Waals surface area contributed by atoms with Crippen LogP contribution in [0.2, 0.25) is 0 Å². The Bertz CT molecular complexity index is 3810. The molecule has 13 rings (SSSR count). The molecule has 4 aromatic heterocycles. The molecular formula is C57H35N5S. The van der Waals surface area contributed by atoms with Crippen LogP contribution in [0.1, 0.15) is 0 Å². The third kappa shape index (κ3) is 5.73. The highest BCUT2D eigenvalue weighted by atomic mass is 32.1. The highest BCUT2D eigenvalue weighted by molar-refractivity contribution is 7.25. The highest BCUT2D eigenvalue weighted by Gasteiger charge is 2.22. The first-order valence-corrected chi connectivity index (χ1v) is 22.0. The molecule has 0 radical (unpaired) electrons. The van der Waals surface area contributed by atoms with Crippen molar-refractivity contribution in [3.05, 3.63) is 212 Å². The topological polar surface area (TPSA) is 48.5 Å². The number of hydrogen-bond donors (Lipinski definition) is 0. The predicted molar refractivity (Wildman–Crippen MR) is 263 cm³/mol. The average Bonchev–Trinajstić information content (AvgIpc) is 4.01.